The zero-order valence-electron chi connectivity index (χ0n) is 9.72. The van der Waals surface area contributed by atoms with E-state index in [1.54, 1.807) is 0 Å². The first-order valence-corrected chi connectivity index (χ1v) is 4.76. The molecule has 0 aliphatic heterocycles. The van der Waals surface area contributed by atoms with E-state index >= 15 is 0 Å². The van der Waals surface area contributed by atoms with Crippen molar-refractivity contribution in [2.75, 3.05) is 13.7 Å². The van der Waals surface area contributed by atoms with E-state index in [1.165, 1.54) is 7.11 Å². The van der Waals surface area contributed by atoms with E-state index in [4.69, 9.17) is 15.2 Å². The maximum atomic E-state index is 11.7. The van der Waals surface area contributed by atoms with Crippen molar-refractivity contribution in [3.05, 3.63) is 0 Å². The molecular weight excluding hydrogens is 182 g/mol. The van der Waals surface area contributed by atoms with Gasteiger partial charge in [-0.3, -0.25) is 0 Å². The highest BCUT2D eigenvalue weighted by Crippen LogP contribution is 2.15. The van der Waals surface area contributed by atoms with Crippen molar-refractivity contribution in [2.45, 2.75) is 45.3 Å². The SMILES string of the molecule is CCC(N)(COC)C(=O)OC(C)(C)C. The summed E-state index contributed by atoms with van der Waals surface area (Å²) in [4.78, 5) is 11.7. The number of ether oxygens (including phenoxy) is 2. The fourth-order valence-corrected chi connectivity index (χ4v) is 0.943. The molecule has 1 unspecified atom stereocenters. The first kappa shape index (κ1) is 13.4. The molecule has 0 radical (unpaired) electrons. The Kier molecular flexibility index (Phi) is 4.55. The summed E-state index contributed by atoms with van der Waals surface area (Å²) in [6.07, 6.45) is 0.496. The normalized spacial score (nSPS) is 16.1. The Hall–Kier alpha value is -0.610. The highest BCUT2D eigenvalue weighted by molar-refractivity contribution is 5.81. The average Bonchev–Trinajstić information content (AvgIpc) is 2.01. The van der Waals surface area contributed by atoms with Gasteiger partial charge in [-0.2, -0.15) is 0 Å². The number of hydrogen-bond acceptors (Lipinski definition) is 4. The first-order chi connectivity index (χ1) is 6.25. The van der Waals surface area contributed by atoms with Gasteiger partial charge in [0.25, 0.3) is 0 Å². The summed E-state index contributed by atoms with van der Waals surface area (Å²) in [7, 11) is 1.52. The van der Waals surface area contributed by atoms with Gasteiger partial charge in [0.05, 0.1) is 6.61 Å². The minimum Gasteiger partial charge on any atom is -0.459 e. The summed E-state index contributed by atoms with van der Waals surface area (Å²) < 4.78 is 10.1. The summed E-state index contributed by atoms with van der Waals surface area (Å²) in [5, 5.41) is 0. The number of hydrogen-bond donors (Lipinski definition) is 1. The third-order valence-electron chi connectivity index (χ3n) is 1.84. The zero-order valence-corrected chi connectivity index (χ0v) is 9.72. The maximum Gasteiger partial charge on any atom is 0.329 e. The molecule has 0 fully saturated rings. The Morgan fingerprint density at radius 3 is 2.14 bits per heavy atom. The van der Waals surface area contributed by atoms with Crippen LogP contribution in [-0.4, -0.2) is 30.8 Å². The molecule has 0 amide bonds. The summed E-state index contributed by atoms with van der Waals surface area (Å²) in [6, 6.07) is 0. The number of rotatable bonds is 4. The second kappa shape index (κ2) is 4.75. The van der Waals surface area contributed by atoms with Gasteiger partial charge >= 0.3 is 5.97 Å². The largest absolute Gasteiger partial charge is 0.459 e. The van der Waals surface area contributed by atoms with Crippen LogP contribution in [0.1, 0.15) is 34.1 Å². The van der Waals surface area contributed by atoms with Gasteiger partial charge < -0.3 is 15.2 Å². The van der Waals surface area contributed by atoms with E-state index in [0.717, 1.165) is 0 Å². The van der Waals surface area contributed by atoms with Gasteiger partial charge in [-0.15, -0.1) is 0 Å². The van der Waals surface area contributed by atoms with Crippen LogP contribution < -0.4 is 5.73 Å². The second-order valence-electron chi connectivity index (χ2n) is 4.44. The van der Waals surface area contributed by atoms with Gasteiger partial charge in [0.15, 0.2) is 0 Å². The second-order valence-corrected chi connectivity index (χ2v) is 4.44. The Balaban J connectivity index is 4.46. The predicted octanol–water partition coefficient (Wildman–Crippen LogP) is 1.08. The Morgan fingerprint density at radius 1 is 1.36 bits per heavy atom. The van der Waals surface area contributed by atoms with E-state index < -0.39 is 17.1 Å². The molecule has 0 aromatic rings. The first-order valence-electron chi connectivity index (χ1n) is 4.76. The van der Waals surface area contributed by atoms with Crippen LogP contribution in [-0.2, 0) is 14.3 Å². The number of esters is 1. The van der Waals surface area contributed by atoms with E-state index in [9.17, 15) is 4.79 Å². The lowest BCUT2D eigenvalue weighted by atomic mass is 9.98. The summed E-state index contributed by atoms with van der Waals surface area (Å²) >= 11 is 0. The molecule has 14 heavy (non-hydrogen) atoms. The molecular formula is C10H21NO3. The topological polar surface area (TPSA) is 61.5 Å². The molecule has 84 valence electrons. The molecule has 0 aliphatic carbocycles. The minimum absolute atomic E-state index is 0.179. The Labute approximate surface area is 85.8 Å². The summed E-state index contributed by atoms with van der Waals surface area (Å²) in [5.74, 6) is -0.408. The van der Waals surface area contributed by atoms with Crippen LogP contribution >= 0.6 is 0 Å². The lowest BCUT2D eigenvalue weighted by molar-refractivity contribution is -0.164. The molecule has 0 spiro atoms. The number of carbonyl (C=O) groups is 1. The van der Waals surface area contributed by atoms with Crippen LogP contribution in [0.5, 0.6) is 0 Å². The van der Waals surface area contributed by atoms with Gasteiger partial charge in [0.2, 0.25) is 0 Å². The number of methoxy groups -OCH3 is 1. The molecule has 0 heterocycles. The lowest BCUT2D eigenvalue weighted by Crippen LogP contribution is -2.53. The monoisotopic (exact) mass is 203 g/mol. The molecule has 0 aliphatic rings. The van der Waals surface area contributed by atoms with Gasteiger partial charge in [-0.1, -0.05) is 6.92 Å². The van der Waals surface area contributed by atoms with Crippen molar-refractivity contribution < 1.29 is 14.3 Å². The quantitative estimate of drug-likeness (QED) is 0.694. The van der Waals surface area contributed by atoms with Crippen molar-refractivity contribution in [1.29, 1.82) is 0 Å². The van der Waals surface area contributed by atoms with Gasteiger partial charge in [0, 0.05) is 7.11 Å². The zero-order chi connectivity index (χ0) is 11.4. The van der Waals surface area contributed by atoms with Crippen molar-refractivity contribution in [1.82, 2.24) is 0 Å². The van der Waals surface area contributed by atoms with Crippen LogP contribution in [0.2, 0.25) is 0 Å². The molecule has 0 rings (SSSR count). The van der Waals surface area contributed by atoms with E-state index in [-0.39, 0.29) is 6.61 Å². The van der Waals surface area contributed by atoms with Crippen molar-refractivity contribution in [3.63, 3.8) is 0 Å². The fraction of sp³-hybridized carbons (Fsp3) is 0.900. The van der Waals surface area contributed by atoms with Crippen LogP contribution in [0, 0.1) is 0 Å². The van der Waals surface area contributed by atoms with E-state index in [2.05, 4.69) is 0 Å². The smallest absolute Gasteiger partial charge is 0.329 e. The molecule has 0 aromatic heterocycles. The van der Waals surface area contributed by atoms with Crippen LogP contribution in [0.3, 0.4) is 0 Å². The molecule has 4 nitrogen and oxygen atoms in total. The van der Waals surface area contributed by atoms with Crippen molar-refractivity contribution in [3.8, 4) is 0 Å². The summed E-state index contributed by atoms with van der Waals surface area (Å²) in [6.45, 7) is 7.46. The van der Waals surface area contributed by atoms with Crippen LogP contribution in [0.25, 0.3) is 0 Å². The number of carbonyl (C=O) groups excluding carboxylic acids is 1. The molecule has 0 saturated heterocycles. The van der Waals surface area contributed by atoms with Gasteiger partial charge in [-0.05, 0) is 27.2 Å². The van der Waals surface area contributed by atoms with Crippen LogP contribution in [0.4, 0.5) is 0 Å². The third kappa shape index (κ3) is 4.07. The summed E-state index contributed by atoms with van der Waals surface area (Å²) in [5.41, 5.74) is 4.32. The Morgan fingerprint density at radius 2 is 1.86 bits per heavy atom. The van der Waals surface area contributed by atoms with E-state index in [0.29, 0.717) is 6.42 Å². The molecule has 4 heteroatoms. The van der Waals surface area contributed by atoms with Crippen molar-refractivity contribution in [2.24, 2.45) is 5.73 Å². The molecule has 0 saturated carbocycles. The molecule has 0 aromatic carbocycles. The standard InChI is InChI=1S/C10H21NO3/c1-6-10(11,7-13-5)8(12)14-9(2,3)4/h6-7,11H2,1-5H3. The number of nitrogens with two attached hydrogens (primary N) is 1. The third-order valence-corrected chi connectivity index (χ3v) is 1.84. The molecule has 0 bridgehead atoms. The minimum atomic E-state index is -1.03. The molecule has 1 atom stereocenters. The predicted molar refractivity (Wildman–Crippen MR) is 54.9 cm³/mol. The average molecular weight is 203 g/mol. The van der Waals surface area contributed by atoms with Gasteiger partial charge in [0.1, 0.15) is 11.1 Å². The Bertz CT molecular complexity index is 198. The highest BCUT2D eigenvalue weighted by Gasteiger charge is 2.36. The van der Waals surface area contributed by atoms with E-state index in [1.807, 2.05) is 27.7 Å². The van der Waals surface area contributed by atoms with Gasteiger partial charge in [-0.25, -0.2) is 4.79 Å². The van der Waals surface area contributed by atoms with Crippen LogP contribution in [0.15, 0.2) is 0 Å². The fourth-order valence-electron chi connectivity index (χ4n) is 0.943. The highest BCUT2D eigenvalue weighted by atomic mass is 16.6. The molecule has 2 N–H and O–H groups in total. The maximum absolute atomic E-state index is 11.7. The lowest BCUT2D eigenvalue weighted by Gasteiger charge is -2.29. The van der Waals surface area contributed by atoms with Crippen molar-refractivity contribution >= 4 is 5.97 Å².